The van der Waals surface area contributed by atoms with Crippen LogP contribution >= 0.6 is 0 Å². The molecule has 2 aliphatic rings. The number of hydrogen-bond donors (Lipinski definition) is 3. The zero-order chi connectivity index (χ0) is 22.7. The standard InChI is InChI=1S/C23H34N6O3/c1-2-3-14-28-21(24)20(22(31)26-23(28)32)29(16-8-4-5-9-16)19(30)15-27-13-7-11-18(27)17-10-6-12-25-17/h6,10,12,16,18,25H,2-5,7-9,11,13-15,24H2,1H3,(H,26,31,32). The van der Waals surface area contributed by atoms with Crippen molar-refractivity contribution >= 4 is 17.4 Å². The topological polar surface area (TPSA) is 120 Å². The molecule has 1 atom stereocenters. The third-order valence-corrected chi connectivity index (χ3v) is 6.83. The van der Waals surface area contributed by atoms with Crippen molar-refractivity contribution in [2.75, 3.05) is 23.7 Å². The minimum atomic E-state index is -0.581. The average molecular weight is 443 g/mol. The summed E-state index contributed by atoms with van der Waals surface area (Å²) in [7, 11) is 0. The molecule has 2 aromatic rings. The molecule has 4 N–H and O–H groups in total. The number of hydrogen-bond acceptors (Lipinski definition) is 5. The third kappa shape index (κ3) is 4.39. The van der Waals surface area contributed by atoms with E-state index in [-0.39, 0.29) is 36.0 Å². The maximum atomic E-state index is 13.7. The average Bonchev–Trinajstić information content (AvgIpc) is 3.53. The minimum absolute atomic E-state index is 0.0745. The summed E-state index contributed by atoms with van der Waals surface area (Å²) >= 11 is 0. The van der Waals surface area contributed by atoms with Gasteiger partial charge in [0.1, 0.15) is 5.82 Å². The molecule has 2 fully saturated rings. The first-order valence-electron chi connectivity index (χ1n) is 11.8. The zero-order valence-electron chi connectivity index (χ0n) is 18.8. The quantitative estimate of drug-likeness (QED) is 0.580. The van der Waals surface area contributed by atoms with Crippen molar-refractivity contribution in [3.8, 4) is 0 Å². The van der Waals surface area contributed by atoms with Crippen molar-refractivity contribution in [1.82, 2.24) is 19.4 Å². The highest BCUT2D eigenvalue weighted by Crippen LogP contribution is 2.33. The lowest BCUT2D eigenvalue weighted by Crippen LogP contribution is -2.49. The fraction of sp³-hybridized carbons (Fsp3) is 0.609. The summed E-state index contributed by atoms with van der Waals surface area (Å²) in [5, 5.41) is 0. The molecule has 9 heteroatoms. The number of nitrogens with zero attached hydrogens (tertiary/aromatic N) is 3. The second kappa shape index (κ2) is 9.77. The van der Waals surface area contributed by atoms with E-state index in [0.717, 1.165) is 63.6 Å². The normalized spacial score (nSPS) is 19.6. The van der Waals surface area contributed by atoms with Crippen LogP contribution in [0.15, 0.2) is 27.9 Å². The number of nitrogens with one attached hydrogen (secondary N) is 2. The maximum absolute atomic E-state index is 13.7. The van der Waals surface area contributed by atoms with Crippen LogP contribution in [0, 0.1) is 0 Å². The summed E-state index contributed by atoms with van der Waals surface area (Å²) in [6, 6.07) is 4.11. The molecule has 0 spiro atoms. The largest absolute Gasteiger partial charge is 0.383 e. The monoisotopic (exact) mass is 442 g/mol. The lowest BCUT2D eigenvalue weighted by Gasteiger charge is -2.32. The third-order valence-electron chi connectivity index (χ3n) is 6.83. The number of nitrogens with two attached hydrogens (primary N) is 1. The minimum Gasteiger partial charge on any atom is -0.383 e. The van der Waals surface area contributed by atoms with Gasteiger partial charge in [0.25, 0.3) is 5.56 Å². The van der Waals surface area contributed by atoms with E-state index in [4.69, 9.17) is 5.73 Å². The molecule has 1 aliphatic heterocycles. The highest BCUT2D eigenvalue weighted by Gasteiger charge is 2.35. The van der Waals surface area contributed by atoms with Crippen molar-refractivity contribution in [3.63, 3.8) is 0 Å². The first kappa shape index (κ1) is 22.4. The molecule has 2 aromatic heterocycles. The Morgan fingerprint density at radius 2 is 2.00 bits per heavy atom. The highest BCUT2D eigenvalue weighted by atomic mass is 16.2. The van der Waals surface area contributed by atoms with E-state index >= 15 is 0 Å². The summed E-state index contributed by atoms with van der Waals surface area (Å²) in [5.41, 5.74) is 6.51. The molecule has 1 amide bonds. The van der Waals surface area contributed by atoms with E-state index in [2.05, 4.69) is 20.9 Å². The number of unbranched alkanes of at least 4 members (excludes halogenated alkanes) is 1. The number of aromatic nitrogens is 3. The first-order chi connectivity index (χ1) is 15.5. The maximum Gasteiger partial charge on any atom is 0.330 e. The van der Waals surface area contributed by atoms with E-state index in [0.29, 0.717) is 6.54 Å². The SMILES string of the molecule is CCCCn1c(N)c(N(C(=O)CN2CCCC2c2ccc[nH]2)C2CCCC2)c(=O)[nH]c1=O. The van der Waals surface area contributed by atoms with Gasteiger partial charge < -0.3 is 15.6 Å². The van der Waals surface area contributed by atoms with Crippen LogP contribution in [0.3, 0.4) is 0 Å². The summed E-state index contributed by atoms with van der Waals surface area (Å²) in [6.45, 7) is 3.49. The molecular formula is C23H34N6O3. The van der Waals surface area contributed by atoms with Crippen molar-refractivity contribution in [3.05, 3.63) is 44.9 Å². The Hall–Kier alpha value is -2.81. The molecule has 1 unspecified atom stereocenters. The van der Waals surface area contributed by atoms with Gasteiger partial charge in [-0.1, -0.05) is 26.2 Å². The molecule has 0 aromatic carbocycles. The smallest absolute Gasteiger partial charge is 0.330 e. The first-order valence-corrected chi connectivity index (χ1v) is 11.8. The lowest BCUT2D eigenvalue weighted by molar-refractivity contribution is -0.120. The van der Waals surface area contributed by atoms with E-state index in [1.165, 1.54) is 4.57 Å². The Balaban J connectivity index is 1.67. The van der Waals surface area contributed by atoms with Crippen molar-refractivity contribution in [1.29, 1.82) is 0 Å². The second-order valence-electron chi connectivity index (χ2n) is 8.95. The van der Waals surface area contributed by atoms with Crippen molar-refractivity contribution in [2.24, 2.45) is 0 Å². The van der Waals surface area contributed by atoms with Gasteiger partial charge in [0.2, 0.25) is 5.91 Å². The van der Waals surface area contributed by atoms with Gasteiger partial charge in [0.15, 0.2) is 5.69 Å². The molecule has 1 saturated heterocycles. The Morgan fingerprint density at radius 1 is 1.22 bits per heavy atom. The number of H-pyrrole nitrogens is 2. The van der Waals surface area contributed by atoms with E-state index in [1.807, 2.05) is 19.2 Å². The van der Waals surface area contributed by atoms with Gasteiger partial charge in [-0.25, -0.2) is 4.79 Å². The molecule has 174 valence electrons. The van der Waals surface area contributed by atoms with Crippen LogP contribution in [-0.2, 0) is 11.3 Å². The molecule has 0 radical (unpaired) electrons. The van der Waals surface area contributed by atoms with Crippen molar-refractivity contribution < 1.29 is 4.79 Å². The predicted octanol–water partition coefficient (Wildman–Crippen LogP) is 2.36. The number of likely N-dealkylation sites (tertiary alicyclic amines) is 1. The Bertz CT molecular complexity index is 1030. The van der Waals surface area contributed by atoms with Gasteiger partial charge in [0, 0.05) is 24.5 Å². The number of carbonyl (C=O) groups is 1. The molecule has 3 heterocycles. The molecule has 4 rings (SSSR count). The molecule has 0 bridgehead atoms. The van der Waals surface area contributed by atoms with E-state index in [9.17, 15) is 14.4 Å². The number of amides is 1. The Morgan fingerprint density at radius 3 is 2.69 bits per heavy atom. The summed E-state index contributed by atoms with van der Waals surface area (Å²) in [6.07, 6.45) is 9.25. The fourth-order valence-corrected chi connectivity index (χ4v) is 5.19. The molecule has 1 aliphatic carbocycles. The van der Waals surface area contributed by atoms with Crippen LogP contribution in [0.1, 0.15) is 70.0 Å². The van der Waals surface area contributed by atoms with Crippen LogP contribution in [0.4, 0.5) is 11.5 Å². The van der Waals surface area contributed by atoms with Crippen LogP contribution in [0.2, 0.25) is 0 Å². The number of carbonyl (C=O) groups excluding carboxylic acids is 1. The Kier molecular flexibility index (Phi) is 6.83. The lowest BCUT2D eigenvalue weighted by atomic mass is 10.1. The van der Waals surface area contributed by atoms with E-state index < -0.39 is 11.2 Å². The second-order valence-corrected chi connectivity index (χ2v) is 8.95. The summed E-state index contributed by atoms with van der Waals surface area (Å²) in [5.74, 6) is -0.0389. The van der Waals surface area contributed by atoms with Gasteiger partial charge in [-0.15, -0.1) is 0 Å². The van der Waals surface area contributed by atoms with Gasteiger partial charge in [-0.3, -0.25) is 24.0 Å². The van der Waals surface area contributed by atoms with Crippen molar-refractivity contribution in [2.45, 2.75) is 76.9 Å². The van der Waals surface area contributed by atoms with Gasteiger partial charge in [-0.05, 0) is 50.8 Å². The molecule has 32 heavy (non-hydrogen) atoms. The van der Waals surface area contributed by atoms with Gasteiger partial charge in [0.05, 0.1) is 12.6 Å². The number of nitrogen functional groups attached to an aromatic ring is 1. The number of anilines is 2. The van der Waals surface area contributed by atoms with Gasteiger partial charge >= 0.3 is 5.69 Å². The van der Waals surface area contributed by atoms with Crippen LogP contribution in [0.5, 0.6) is 0 Å². The van der Waals surface area contributed by atoms with Gasteiger partial charge in [-0.2, -0.15) is 0 Å². The van der Waals surface area contributed by atoms with Crippen LogP contribution in [0.25, 0.3) is 0 Å². The molecule has 9 nitrogen and oxygen atoms in total. The number of rotatable bonds is 8. The number of aromatic amines is 2. The van der Waals surface area contributed by atoms with Crippen LogP contribution in [-0.4, -0.2) is 44.5 Å². The molecule has 1 saturated carbocycles. The Labute approximate surface area is 187 Å². The summed E-state index contributed by atoms with van der Waals surface area (Å²) < 4.78 is 1.40. The van der Waals surface area contributed by atoms with E-state index in [1.54, 1.807) is 4.90 Å². The summed E-state index contributed by atoms with van der Waals surface area (Å²) in [4.78, 5) is 48.5. The predicted molar refractivity (Wildman–Crippen MR) is 125 cm³/mol. The highest BCUT2D eigenvalue weighted by molar-refractivity contribution is 5.97. The molecular weight excluding hydrogens is 408 g/mol. The van der Waals surface area contributed by atoms with Crippen LogP contribution < -0.4 is 21.9 Å². The fourth-order valence-electron chi connectivity index (χ4n) is 5.19. The zero-order valence-corrected chi connectivity index (χ0v) is 18.8.